The van der Waals surface area contributed by atoms with E-state index in [-0.39, 0.29) is 17.3 Å². The Morgan fingerprint density at radius 2 is 1.69 bits per heavy atom. The highest BCUT2D eigenvalue weighted by molar-refractivity contribution is 5.70. The maximum Gasteiger partial charge on any atom is 0.135 e. The molecule has 0 saturated heterocycles. The van der Waals surface area contributed by atoms with Crippen LogP contribution in [0, 0.1) is 0 Å². The average Bonchev–Trinajstić information content (AvgIpc) is 2.65. The maximum absolute atomic E-state index is 10.3. The van der Waals surface area contributed by atoms with Gasteiger partial charge in [0.2, 0.25) is 0 Å². The Morgan fingerprint density at radius 1 is 0.931 bits per heavy atom. The molecule has 4 nitrogen and oxygen atoms in total. The summed E-state index contributed by atoms with van der Waals surface area (Å²) in [6.45, 7) is 8.70. The monoisotopic (exact) mass is 390 g/mol. The number of fused-ring (bicyclic) bond motifs is 3. The standard InChI is InChI=1S/C25H26O4/c1-24(2)9-7-15-11-16-12-17(14-27-21(16)13-22(15)28-24)18-5-6-20(26)19-8-10-25(3,4)29-23(18)19/h5-11,13,17,26H,12,14H2,1-4H3/t17-/m0/s1. The summed E-state index contributed by atoms with van der Waals surface area (Å²) in [4.78, 5) is 0. The lowest BCUT2D eigenvalue weighted by molar-refractivity contribution is 0.152. The van der Waals surface area contributed by atoms with E-state index < -0.39 is 5.60 Å². The minimum Gasteiger partial charge on any atom is -0.507 e. The number of aromatic hydroxyl groups is 1. The Morgan fingerprint density at radius 3 is 2.52 bits per heavy atom. The lowest BCUT2D eigenvalue weighted by Gasteiger charge is -2.34. The molecule has 0 radical (unpaired) electrons. The SMILES string of the molecule is CC1(C)C=Cc2cc3c(cc2O1)OC[C@@H](c1ccc(O)c2c1OC(C)(C)C=C2)C3. The first kappa shape index (κ1) is 18.2. The van der Waals surface area contributed by atoms with Crippen molar-refractivity contribution in [2.24, 2.45) is 0 Å². The van der Waals surface area contributed by atoms with Gasteiger partial charge < -0.3 is 19.3 Å². The lowest BCUT2D eigenvalue weighted by Crippen LogP contribution is -2.30. The summed E-state index contributed by atoms with van der Waals surface area (Å²) >= 11 is 0. The Kier molecular flexibility index (Phi) is 3.79. The van der Waals surface area contributed by atoms with Crippen LogP contribution < -0.4 is 14.2 Å². The van der Waals surface area contributed by atoms with Gasteiger partial charge in [0, 0.05) is 23.1 Å². The molecule has 1 N–H and O–H groups in total. The minimum atomic E-state index is -0.406. The predicted molar refractivity (Wildman–Crippen MR) is 114 cm³/mol. The molecule has 0 amide bonds. The van der Waals surface area contributed by atoms with Crippen molar-refractivity contribution in [1.82, 2.24) is 0 Å². The molecule has 0 saturated carbocycles. The van der Waals surface area contributed by atoms with Gasteiger partial charge in [0.15, 0.2) is 0 Å². The zero-order chi connectivity index (χ0) is 20.4. The van der Waals surface area contributed by atoms with Crippen molar-refractivity contribution in [3.63, 3.8) is 0 Å². The molecular weight excluding hydrogens is 364 g/mol. The van der Waals surface area contributed by atoms with Crippen LogP contribution in [0.15, 0.2) is 36.4 Å². The molecule has 0 fully saturated rings. The highest BCUT2D eigenvalue weighted by Gasteiger charge is 2.32. The van der Waals surface area contributed by atoms with E-state index in [1.54, 1.807) is 6.07 Å². The number of phenols is 1. The summed E-state index contributed by atoms with van der Waals surface area (Å²) in [6.07, 6.45) is 8.99. The van der Waals surface area contributed by atoms with Gasteiger partial charge in [0.1, 0.15) is 34.2 Å². The van der Waals surface area contributed by atoms with Crippen LogP contribution >= 0.6 is 0 Å². The number of ether oxygens (including phenoxy) is 3. The number of hydrogen-bond donors (Lipinski definition) is 1. The van der Waals surface area contributed by atoms with Crippen LogP contribution in [-0.4, -0.2) is 22.9 Å². The summed E-state index contributed by atoms with van der Waals surface area (Å²) in [7, 11) is 0. The Balaban J connectivity index is 1.51. The molecule has 4 heteroatoms. The molecule has 2 aromatic carbocycles. The first-order chi connectivity index (χ1) is 13.7. The van der Waals surface area contributed by atoms with Crippen LogP contribution in [0.3, 0.4) is 0 Å². The normalized spacial score (nSPS) is 22.4. The molecule has 3 aliphatic heterocycles. The van der Waals surface area contributed by atoms with E-state index in [9.17, 15) is 5.11 Å². The average molecular weight is 390 g/mol. The van der Waals surface area contributed by atoms with Gasteiger partial charge in [-0.3, -0.25) is 0 Å². The van der Waals surface area contributed by atoms with Crippen molar-refractivity contribution in [3.8, 4) is 23.0 Å². The second-order valence-electron chi connectivity index (χ2n) is 9.20. The number of benzene rings is 2. The second kappa shape index (κ2) is 6.06. The number of rotatable bonds is 1. The van der Waals surface area contributed by atoms with Gasteiger partial charge in [0.05, 0.1) is 12.2 Å². The molecule has 29 heavy (non-hydrogen) atoms. The minimum absolute atomic E-state index is 0.155. The van der Waals surface area contributed by atoms with Gasteiger partial charge in [-0.25, -0.2) is 0 Å². The van der Waals surface area contributed by atoms with Crippen LogP contribution in [0.5, 0.6) is 23.0 Å². The largest absolute Gasteiger partial charge is 0.507 e. The van der Waals surface area contributed by atoms with Crippen LogP contribution in [0.2, 0.25) is 0 Å². The molecule has 0 aromatic heterocycles. The highest BCUT2D eigenvalue weighted by Crippen LogP contribution is 2.46. The summed E-state index contributed by atoms with van der Waals surface area (Å²) in [5, 5.41) is 10.3. The quantitative estimate of drug-likeness (QED) is 0.700. The third kappa shape index (κ3) is 3.17. The van der Waals surface area contributed by atoms with Gasteiger partial charge in [-0.15, -0.1) is 0 Å². The van der Waals surface area contributed by atoms with Crippen molar-refractivity contribution in [2.75, 3.05) is 6.61 Å². The maximum atomic E-state index is 10.3. The smallest absolute Gasteiger partial charge is 0.135 e. The fourth-order valence-corrected chi connectivity index (χ4v) is 4.24. The third-order valence-corrected chi connectivity index (χ3v) is 5.80. The van der Waals surface area contributed by atoms with E-state index in [4.69, 9.17) is 14.2 Å². The van der Waals surface area contributed by atoms with Crippen molar-refractivity contribution in [1.29, 1.82) is 0 Å². The Bertz CT molecular complexity index is 1060. The molecular formula is C25H26O4. The molecule has 150 valence electrons. The van der Waals surface area contributed by atoms with Crippen molar-refractivity contribution in [3.05, 3.63) is 58.7 Å². The Labute approximate surface area is 171 Å². The zero-order valence-electron chi connectivity index (χ0n) is 17.3. The third-order valence-electron chi connectivity index (χ3n) is 5.80. The van der Waals surface area contributed by atoms with Crippen LogP contribution in [0.1, 0.15) is 55.9 Å². The van der Waals surface area contributed by atoms with Crippen LogP contribution in [0.4, 0.5) is 0 Å². The van der Waals surface area contributed by atoms with Crippen LogP contribution in [0.25, 0.3) is 12.2 Å². The fraction of sp³-hybridized carbons (Fsp3) is 0.360. The molecule has 0 spiro atoms. The molecule has 0 bridgehead atoms. The fourth-order valence-electron chi connectivity index (χ4n) is 4.24. The van der Waals surface area contributed by atoms with Crippen molar-refractivity contribution < 1.29 is 19.3 Å². The first-order valence-corrected chi connectivity index (χ1v) is 10.1. The molecule has 0 aliphatic carbocycles. The molecule has 1 atom stereocenters. The topological polar surface area (TPSA) is 47.9 Å². The van der Waals surface area contributed by atoms with Crippen molar-refractivity contribution in [2.45, 2.75) is 51.2 Å². The van der Waals surface area contributed by atoms with E-state index in [1.807, 2.05) is 52.0 Å². The second-order valence-corrected chi connectivity index (χ2v) is 9.20. The van der Waals surface area contributed by atoms with Gasteiger partial charge >= 0.3 is 0 Å². The van der Waals surface area contributed by atoms with Gasteiger partial charge in [-0.2, -0.15) is 0 Å². The van der Waals surface area contributed by atoms with E-state index in [0.29, 0.717) is 6.61 Å². The summed E-state index contributed by atoms with van der Waals surface area (Å²) < 4.78 is 18.5. The zero-order valence-corrected chi connectivity index (χ0v) is 17.3. The van der Waals surface area contributed by atoms with E-state index in [0.717, 1.165) is 40.4 Å². The van der Waals surface area contributed by atoms with Gasteiger partial charge in [-0.05, 0) is 70.0 Å². The summed E-state index contributed by atoms with van der Waals surface area (Å²) in [6, 6.07) is 7.90. The summed E-state index contributed by atoms with van der Waals surface area (Å²) in [5.74, 6) is 2.91. The van der Waals surface area contributed by atoms with Crippen LogP contribution in [-0.2, 0) is 6.42 Å². The molecule has 3 aliphatic rings. The number of phenolic OH excluding ortho intramolecular Hbond substituents is 1. The first-order valence-electron chi connectivity index (χ1n) is 10.1. The highest BCUT2D eigenvalue weighted by atomic mass is 16.5. The van der Waals surface area contributed by atoms with Gasteiger partial charge in [-0.1, -0.05) is 12.1 Å². The molecule has 5 rings (SSSR count). The molecule has 2 aromatic rings. The number of hydrogen-bond acceptors (Lipinski definition) is 4. The molecule has 3 heterocycles. The van der Waals surface area contributed by atoms with E-state index in [1.165, 1.54) is 5.56 Å². The lowest BCUT2D eigenvalue weighted by atomic mass is 9.86. The van der Waals surface area contributed by atoms with Crippen molar-refractivity contribution >= 4 is 12.2 Å². The molecule has 0 unspecified atom stereocenters. The Hall–Kier alpha value is -2.88. The summed E-state index contributed by atoms with van der Waals surface area (Å²) in [5.41, 5.74) is 3.36. The van der Waals surface area contributed by atoms with E-state index >= 15 is 0 Å². The predicted octanol–water partition coefficient (Wildman–Crippen LogP) is 5.48. The van der Waals surface area contributed by atoms with Gasteiger partial charge in [0.25, 0.3) is 0 Å². The van der Waals surface area contributed by atoms with E-state index in [2.05, 4.69) is 18.2 Å².